The maximum absolute atomic E-state index is 11.6. The molecule has 0 saturated carbocycles. The van der Waals surface area contributed by atoms with Gasteiger partial charge in [-0.3, -0.25) is 4.98 Å². The van der Waals surface area contributed by atoms with Gasteiger partial charge >= 0.3 is 0 Å². The molecule has 14 heavy (non-hydrogen) atoms. The van der Waals surface area contributed by atoms with Crippen molar-refractivity contribution >= 4 is 10.0 Å². The first-order valence-electron chi connectivity index (χ1n) is 4.18. The van der Waals surface area contributed by atoms with Crippen LogP contribution in [0.25, 0.3) is 0 Å². The second-order valence-electron chi connectivity index (χ2n) is 2.95. The third kappa shape index (κ3) is 2.76. The van der Waals surface area contributed by atoms with Crippen LogP contribution in [0.4, 0.5) is 0 Å². The summed E-state index contributed by atoms with van der Waals surface area (Å²) in [5.41, 5.74) is 5.31. The highest BCUT2D eigenvalue weighted by Gasteiger charge is 2.15. The molecule has 0 aromatic carbocycles. The van der Waals surface area contributed by atoms with E-state index in [0.717, 1.165) is 0 Å². The van der Waals surface area contributed by atoms with E-state index in [1.54, 1.807) is 13.0 Å². The van der Waals surface area contributed by atoms with E-state index in [1.807, 2.05) is 0 Å². The lowest BCUT2D eigenvalue weighted by Gasteiger charge is -2.11. The lowest BCUT2D eigenvalue weighted by molar-refractivity contribution is 0.562. The SMILES string of the molecule is CC(CN)NS(=O)(=O)c1cccnc1. The maximum Gasteiger partial charge on any atom is 0.242 e. The third-order valence-corrected chi connectivity index (χ3v) is 3.23. The summed E-state index contributed by atoms with van der Waals surface area (Å²) in [6.45, 7) is 1.97. The average Bonchev–Trinajstić information content (AvgIpc) is 2.18. The van der Waals surface area contributed by atoms with E-state index in [-0.39, 0.29) is 17.5 Å². The highest BCUT2D eigenvalue weighted by molar-refractivity contribution is 7.89. The number of nitrogens with zero attached hydrogens (tertiary/aromatic N) is 1. The predicted octanol–water partition coefficient (Wildman–Crippen LogP) is -0.293. The van der Waals surface area contributed by atoms with Crippen molar-refractivity contribution in [1.82, 2.24) is 9.71 Å². The van der Waals surface area contributed by atoms with E-state index >= 15 is 0 Å². The van der Waals surface area contributed by atoms with E-state index < -0.39 is 10.0 Å². The minimum absolute atomic E-state index is 0.153. The summed E-state index contributed by atoms with van der Waals surface area (Å²) < 4.78 is 25.6. The van der Waals surface area contributed by atoms with Crippen LogP contribution in [0.2, 0.25) is 0 Å². The van der Waals surface area contributed by atoms with E-state index in [1.165, 1.54) is 18.5 Å². The lowest BCUT2D eigenvalue weighted by Crippen LogP contribution is -2.37. The second kappa shape index (κ2) is 4.50. The first kappa shape index (κ1) is 11.1. The highest BCUT2D eigenvalue weighted by Crippen LogP contribution is 2.05. The predicted molar refractivity (Wildman–Crippen MR) is 53.1 cm³/mol. The standard InChI is InChI=1S/C8H13N3O2S/c1-7(5-9)11-14(12,13)8-3-2-4-10-6-8/h2-4,6-7,11H,5,9H2,1H3. The van der Waals surface area contributed by atoms with Crippen LogP contribution < -0.4 is 10.5 Å². The molecule has 0 amide bonds. The Balaban J connectivity index is 2.87. The molecule has 1 rings (SSSR count). The molecule has 0 aliphatic rings. The Hall–Kier alpha value is -0.980. The van der Waals surface area contributed by atoms with Gasteiger partial charge in [-0.15, -0.1) is 0 Å². The molecule has 78 valence electrons. The molecule has 0 aliphatic carbocycles. The fraction of sp³-hybridized carbons (Fsp3) is 0.375. The molecular weight excluding hydrogens is 202 g/mol. The minimum atomic E-state index is -3.46. The quantitative estimate of drug-likeness (QED) is 0.722. The van der Waals surface area contributed by atoms with Crippen LogP contribution in [-0.4, -0.2) is 26.0 Å². The number of pyridine rings is 1. The average molecular weight is 215 g/mol. The van der Waals surface area contributed by atoms with Gasteiger partial charge in [-0.25, -0.2) is 13.1 Å². The summed E-state index contributed by atoms with van der Waals surface area (Å²) in [5, 5.41) is 0. The van der Waals surface area contributed by atoms with Crippen LogP contribution in [0.3, 0.4) is 0 Å². The molecule has 0 radical (unpaired) electrons. The van der Waals surface area contributed by atoms with Gasteiger partial charge < -0.3 is 5.73 Å². The molecule has 1 unspecified atom stereocenters. The van der Waals surface area contributed by atoms with Crippen molar-refractivity contribution in [1.29, 1.82) is 0 Å². The van der Waals surface area contributed by atoms with Crippen molar-refractivity contribution in [2.24, 2.45) is 5.73 Å². The van der Waals surface area contributed by atoms with Gasteiger partial charge in [-0.05, 0) is 19.1 Å². The van der Waals surface area contributed by atoms with Crippen LogP contribution in [-0.2, 0) is 10.0 Å². The zero-order valence-electron chi connectivity index (χ0n) is 7.84. The van der Waals surface area contributed by atoms with Gasteiger partial charge in [0.05, 0.1) is 0 Å². The monoisotopic (exact) mass is 215 g/mol. The van der Waals surface area contributed by atoms with E-state index in [2.05, 4.69) is 9.71 Å². The molecule has 1 aromatic heterocycles. The van der Waals surface area contributed by atoms with Gasteiger partial charge in [0.15, 0.2) is 0 Å². The van der Waals surface area contributed by atoms with Gasteiger partial charge in [0.25, 0.3) is 0 Å². The summed E-state index contributed by atoms with van der Waals surface area (Å²) in [5.74, 6) is 0. The first-order valence-corrected chi connectivity index (χ1v) is 5.67. The van der Waals surface area contributed by atoms with Crippen molar-refractivity contribution < 1.29 is 8.42 Å². The third-order valence-electron chi connectivity index (χ3n) is 1.65. The number of hydrogen-bond donors (Lipinski definition) is 2. The normalized spacial score (nSPS) is 13.9. The van der Waals surface area contributed by atoms with Crippen LogP contribution in [0, 0.1) is 0 Å². The topological polar surface area (TPSA) is 85.1 Å². The maximum atomic E-state index is 11.6. The first-order chi connectivity index (χ1) is 6.56. The van der Waals surface area contributed by atoms with E-state index in [4.69, 9.17) is 5.73 Å². The molecule has 3 N–H and O–H groups in total. The van der Waals surface area contributed by atoms with Gasteiger partial charge in [0, 0.05) is 25.0 Å². The van der Waals surface area contributed by atoms with Crippen LogP contribution in [0.15, 0.2) is 29.4 Å². The largest absolute Gasteiger partial charge is 0.329 e. The molecule has 0 saturated heterocycles. The zero-order valence-corrected chi connectivity index (χ0v) is 8.66. The van der Waals surface area contributed by atoms with Crippen LogP contribution >= 0.6 is 0 Å². The van der Waals surface area contributed by atoms with Gasteiger partial charge in [0.1, 0.15) is 4.90 Å². The highest BCUT2D eigenvalue weighted by atomic mass is 32.2. The number of sulfonamides is 1. The van der Waals surface area contributed by atoms with Gasteiger partial charge in [-0.1, -0.05) is 0 Å². The summed E-state index contributed by atoms with van der Waals surface area (Å²) >= 11 is 0. The lowest BCUT2D eigenvalue weighted by atomic mass is 10.4. The molecule has 1 heterocycles. The number of rotatable bonds is 4. The Morgan fingerprint density at radius 1 is 1.64 bits per heavy atom. The molecule has 1 atom stereocenters. The van der Waals surface area contributed by atoms with Crippen molar-refractivity contribution in [3.8, 4) is 0 Å². The van der Waals surface area contributed by atoms with Crippen LogP contribution in [0.5, 0.6) is 0 Å². The van der Waals surface area contributed by atoms with Crippen molar-refractivity contribution in [3.05, 3.63) is 24.5 Å². The fourth-order valence-electron chi connectivity index (χ4n) is 0.887. The molecule has 0 spiro atoms. The Kier molecular flexibility index (Phi) is 3.56. The second-order valence-corrected chi connectivity index (χ2v) is 4.66. The van der Waals surface area contributed by atoms with Crippen molar-refractivity contribution in [2.45, 2.75) is 17.9 Å². The summed E-state index contributed by atoms with van der Waals surface area (Å²) in [6.07, 6.45) is 2.82. The van der Waals surface area contributed by atoms with Crippen molar-refractivity contribution in [2.75, 3.05) is 6.54 Å². The Morgan fingerprint density at radius 3 is 2.86 bits per heavy atom. The van der Waals surface area contributed by atoms with Crippen LogP contribution in [0.1, 0.15) is 6.92 Å². The summed E-state index contributed by atoms with van der Waals surface area (Å²) in [6, 6.07) is 2.78. The Morgan fingerprint density at radius 2 is 2.36 bits per heavy atom. The van der Waals surface area contributed by atoms with Crippen molar-refractivity contribution in [3.63, 3.8) is 0 Å². The molecule has 0 fully saturated rings. The number of nitrogens with two attached hydrogens (primary N) is 1. The molecule has 1 aromatic rings. The number of hydrogen-bond acceptors (Lipinski definition) is 4. The molecule has 5 nitrogen and oxygen atoms in total. The van der Waals surface area contributed by atoms with Gasteiger partial charge in [0.2, 0.25) is 10.0 Å². The summed E-state index contributed by atoms with van der Waals surface area (Å²) in [4.78, 5) is 3.89. The van der Waals surface area contributed by atoms with Gasteiger partial charge in [-0.2, -0.15) is 0 Å². The number of aromatic nitrogens is 1. The molecular formula is C8H13N3O2S. The smallest absolute Gasteiger partial charge is 0.242 e. The van der Waals surface area contributed by atoms with E-state index in [0.29, 0.717) is 0 Å². The van der Waals surface area contributed by atoms with E-state index in [9.17, 15) is 8.42 Å². The fourth-order valence-corrected chi connectivity index (χ4v) is 2.11. The minimum Gasteiger partial charge on any atom is -0.329 e. The number of nitrogens with one attached hydrogen (secondary N) is 1. The Bertz CT molecular complexity index is 377. The summed E-state index contributed by atoms with van der Waals surface area (Å²) in [7, 11) is -3.46. The molecule has 0 aliphatic heterocycles. The molecule has 0 bridgehead atoms. The zero-order chi connectivity index (χ0) is 10.6. The molecule has 6 heteroatoms. The Labute approximate surface area is 83.4 Å².